The molecule has 0 aliphatic carbocycles. The molecule has 0 unspecified atom stereocenters. The van der Waals surface area contributed by atoms with Gasteiger partial charge in [0.05, 0.1) is 0 Å². The molecule has 5 rings (SSSR count). The Morgan fingerprint density at radius 2 is 1.45 bits per heavy atom. The normalized spacial score (nSPS) is 11.0. The molecule has 0 aliphatic heterocycles. The van der Waals surface area contributed by atoms with Crippen molar-refractivity contribution in [1.82, 2.24) is 0 Å². The number of rotatable bonds is 3. The summed E-state index contributed by atoms with van der Waals surface area (Å²) in [6.07, 6.45) is 1.85. The smallest absolute Gasteiger partial charge is 0 e. The van der Waals surface area contributed by atoms with Crippen LogP contribution < -0.4 is 0 Å². The van der Waals surface area contributed by atoms with Crippen molar-refractivity contribution in [3.63, 3.8) is 0 Å². The average Bonchev–Trinajstić information content (AvgIpc) is 2.77. The van der Waals surface area contributed by atoms with E-state index in [1.54, 1.807) is 0 Å². The predicted molar refractivity (Wildman–Crippen MR) is 117 cm³/mol. The van der Waals surface area contributed by atoms with E-state index in [0.29, 0.717) is 0 Å². The van der Waals surface area contributed by atoms with E-state index < -0.39 is 0 Å². The van der Waals surface area contributed by atoms with Crippen molar-refractivity contribution in [3.05, 3.63) is 115 Å². The molecule has 0 N–H and O–H groups in total. The average molecular weight is 550 g/mol. The summed E-state index contributed by atoms with van der Waals surface area (Å²) >= 11 is 0. The first kappa shape index (κ1) is 19.3. The molecule has 0 bridgehead atoms. The van der Waals surface area contributed by atoms with Gasteiger partial charge in [0.15, 0.2) is 0 Å². The molecule has 0 aliphatic rings. The van der Waals surface area contributed by atoms with Crippen LogP contribution in [0.5, 0.6) is 0 Å². The summed E-state index contributed by atoms with van der Waals surface area (Å²) in [5.41, 5.74) is 4.05. The number of nitrogens with zero attached hydrogens (tertiary/aromatic N) is 1. The minimum absolute atomic E-state index is 0. The predicted octanol–water partition coefficient (Wildman–Crippen LogP) is 6.81. The quantitative estimate of drug-likeness (QED) is 0.173. The van der Waals surface area contributed by atoms with E-state index in [1.807, 2.05) is 54.7 Å². The van der Waals surface area contributed by atoms with Crippen molar-refractivity contribution in [3.8, 4) is 11.1 Å². The van der Waals surface area contributed by atoms with E-state index in [2.05, 4.69) is 60.7 Å². The van der Waals surface area contributed by atoms with E-state index in [1.165, 1.54) is 5.39 Å². The minimum Gasteiger partial charge on any atom is -0.343 e. The van der Waals surface area contributed by atoms with Gasteiger partial charge in [0.1, 0.15) is 0 Å². The number of hydrogen-bond donors (Lipinski definition) is 0. The first-order valence-electron chi connectivity index (χ1n) is 9.24. The Hall–Kier alpha value is -3.02. The number of fused-ring (bicyclic) bond motifs is 2. The number of benzene rings is 5. The van der Waals surface area contributed by atoms with Crippen molar-refractivity contribution in [2.75, 3.05) is 0 Å². The molecule has 0 saturated heterocycles. The maximum atomic E-state index is 4.71. The van der Waals surface area contributed by atoms with Crippen molar-refractivity contribution in [2.45, 2.75) is 0 Å². The van der Waals surface area contributed by atoms with Gasteiger partial charge in [-0.25, -0.2) is 0 Å². The van der Waals surface area contributed by atoms with Gasteiger partial charge in [-0.05, 0) is 5.69 Å². The summed E-state index contributed by atoms with van der Waals surface area (Å²) in [7, 11) is 0. The van der Waals surface area contributed by atoms with Gasteiger partial charge >= 0.3 is 0 Å². The summed E-state index contributed by atoms with van der Waals surface area (Å²) in [5, 5.41) is 4.43. The maximum Gasteiger partial charge on any atom is 0 e. The Kier molecular flexibility index (Phi) is 5.69. The second-order valence-corrected chi connectivity index (χ2v) is 6.63. The van der Waals surface area contributed by atoms with Crippen molar-refractivity contribution < 1.29 is 21.1 Å². The summed E-state index contributed by atoms with van der Waals surface area (Å²) in [6, 6.07) is 40.8. The fourth-order valence-corrected chi connectivity index (χ4v) is 3.45. The summed E-state index contributed by atoms with van der Waals surface area (Å²) in [5.74, 6) is 0. The second kappa shape index (κ2) is 8.55. The molecular formula is C27H16NPt-3. The monoisotopic (exact) mass is 549 g/mol. The van der Waals surface area contributed by atoms with Crippen LogP contribution in [0, 0.1) is 18.2 Å². The van der Waals surface area contributed by atoms with Crippen molar-refractivity contribution in [1.29, 1.82) is 0 Å². The topological polar surface area (TPSA) is 12.4 Å². The van der Waals surface area contributed by atoms with E-state index in [4.69, 9.17) is 4.99 Å². The van der Waals surface area contributed by atoms with Gasteiger partial charge in [0.2, 0.25) is 0 Å². The molecule has 5 aromatic carbocycles. The largest absolute Gasteiger partial charge is 0.343 e. The molecule has 0 atom stereocenters. The van der Waals surface area contributed by atoms with Crippen LogP contribution in [0.25, 0.3) is 32.7 Å². The zero-order chi connectivity index (χ0) is 18.8. The third-order valence-corrected chi connectivity index (χ3v) is 4.83. The van der Waals surface area contributed by atoms with Crippen LogP contribution >= 0.6 is 0 Å². The second-order valence-electron chi connectivity index (χ2n) is 6.63. The molecule has 0 amide bonds. The Morgan fingerprint density at radius 3 is 2.31 bits per heavy atom. The Balaban J connectivity index is 0.00000205. The van der Waals surface area contributed by atoms with Crippen LogP contribution in [-0.2, 0) is 21.1 Å². The maximum absolute atomic E-state index is 4.71. The van der Waals surface area contributed by atoms with Crippen molar-refractivity contribution >= 4 is 33.4 Å². The van der Waals surface area contributed by atoms with Gasteiger partial charge in [-0.15, -0.1) is 94.7 Å². The molecular weight excluding hydrogens is 533 g/mol. The van der Waals surface area contributed by atoms with Crippen LogP contribution in [0.4, 0.5) is 5.69 Å². The fourth-order valence-electron chi connectivity index (χ4n) is 3.45. The summed E-state index contributed by atoms with van der Waals surface area (Å²) in [4.78, 5) is 4.71. The summed E-state index contributed by atoms with van der Waals surface area (Å²) < 4.78 is 0. The van der Waals surface area contributed by atoms with E-state index >= 15 is 0 Å². The van der Waals surface area contributed by atoms with Gasteiger partial charge in [0.25, 0.3) is 0 Å². The molecule has 0 radical (unpaired) electrons. The van der Waals surface area contributed by atoms with Crippen LogP contribution in [0.2, 0.25) is 0 Å². The first-order chi connectivity index (χ1) is 13.9. The van der Waals surface area contributed by atoms with Gasteiger partial charge in [0, 0.05) is 21.1 Å². The molecule has 1 nitrogen and oxygen atoms in total. The summed E-state index contributed by atoms with van der Waals surface area (Å²) in [6.45, 7) is 0. The SMILES string of the molecule is [Pt].[c-]1ccccc1C=Nc1cccc2ccc(-c3cccc4ccc[c-]c34)[c-]c12. The molecule has 5 aromatic rings. The zero-order valence-corrected chi connectivity index (χ0v) is 17.8. The Labute approximate surface area is 185 Å². The molecule has 0 heterocycles. The number of aliphatic imine (C=N–C) groups is 1. The number of hydrogen-bond acceptors (Lipinski definition) is 1. The Morgan fingerprint density at radius 1 is 0.655 bits per heavy atom. The molecule has 0 saturated carbocycles. The van der Waals surface area contributed by atoms with Crippen LogP contribution in [0.1, 0.15) is 5.56 Å². The van der Waals surface area contributed by atoms with Gasteiger partial charge in [-0.2, -0.15) is 0 Å². The minimum atomic E-state index is 0. The fraction of sp³-hybridized carbons (Fsp3) is 0. The Bertz CT molecular complexity index is 1300. The van der Waals surface area contributed by atoms with E-state index in [9.17, 15) is 0 Å². The van der Waals surface area contributed by atoms with Crippen LogP contribution in [0.3, 0.4) is 0 Å². The molecule has 2 heteroatoms. The molecule has 0 aromatic heterocycles. The third-order valence-electron chi connectivity index (χ3n) is 4.83. The van der Waals surface area contributed by atoms with Crippen LogP contribution in [-0.4, -0.2) is 6.21 Å². The van der Waals surface area contributed by atoms with Gasteiger partial charge in [-0.1, -0.05) is 58.9 Å². The molecule has 29 heavy (non-hydrogen) atoms. The van der Waals surface area contributed by atoms with Crippen molar-refractivity contribution in [2.24, 2.45) is 4.99 Å². The standard InChI is InChI=1S/C27H16N.Pt/c1-2-8-20(9-3-1)19-28-27-15-7-12-22-16-17-23(18-26(22)27)25-14-6-11-21-10-4-5-13-24(21)25;/h1-8,10-12,14-17,19H;/q-3;. The van der Waals surface area contributed by atoms with E-state index in [-0.39, 0.29) is 21.1 Å². The third kappa shape index (κ3) is 3.92. The van der Waals surface area contributed by atoms with Gasteiger partial charge in [-0.3, -0.25) is 0 Å². The zero-order valence-electron chi connectivity index (χ0n) is 15.5. The molecule has 0 spiro atoms. The van der Waals surface area contributed by atoms with Gasteiger partial charge < -0.3 is 4.99 Å². The van der Waals surface area contributed by atoms with E-state index in [0.717, 1.165) is 38.5 Å². The van der Waals surface area contributed by atoms with Crippen LogP contribution in [0.15, 0.2) is 96.0 Å². The molecule has 0 fully saturated rings. The molecule has 142 valence electrons. The first-order valence-corrected chi connectivity index (χ1v) is 9.24.